The molecule has 8 heteroatoms. The summed E-state index contributed by atoms with van der Waals surface area (Å²) in [7, 11) is 0. The summed E-state index contributed by atoms with van der Waals surface area (Å²) >= 11 is 0. The van der Waals surface area contributed by atoms with Gasteiger partial charge < -0.3 is 20.3 Å². The zero-order valence-corrected chi connectivity index (χ0v) is 22.5. The van der Waals surface area contributed by atoms with Gasteiger partial charge in [0.25, 0.3) is 0 Å². The van der Waals surface area contributed by atoms with Crippen LogP contribution in [0.25, 0.3) is 0 Å². The lowest BCUT2D eigenvalue weighted by molar-refractivity contribution is -0.138. The highest BCUT2D eigenvalue weighted by Gasteiger charge is 2.52. The number of rotatable bonds is 7. The predicted molar refractivity (Wildman–Crippen MR) is 140 cm³/mol. The van der Waals surface area contributed by atoms with E-state index in [1.807, 2.05) is 19.1 Å². The number of piperazine rings is 1. The van der Waals surface area contributed by atoms with Crippen LogP contribution in [0, 0.1) is 11.3 Å². The van der Waals surface area contributed by atoms with Crippen LogP contribution in [-0.2, 0) is 14.3 Å². The Morgan fingerprint density at radius 2 is 1.86 bits per heavy atom. The van der Waals surface area contributed by atoms with E-state index in [9.17, 15) is 14.4 Å². The molecule has 1 aromatic carbocycles. The maximum atomic E-state index is 14.2. The number of Topliss-reactive ketones (excluding diaryl/α,β-unsaturated/α-hetero) is 1. The molecule has 0 bridgehead atoms. The van der Waals surface area contributed by atoms with Crippen LogP contribution in [0.15, 0.2) is 18.2 Å². The Kier molecular flexibility index (Phi) is 7.76. The van der Waals surface area contributed by atoms with E-state index in [0.717, 1.165) is 44.8 Å². The van der Waals surface area contributed by atoms with Crippen LogP contribution in [0.3, 0.4) is 0 Å². The summed E-state index contributed by atoms with van der Waals surface area (Å²) in [5, 5.41) is 0. The van der Waals surface area contributed by atoms with Gasteiger partial charge in [0.1, 0.15) is 12.6 Å². The maximum Gasteiger partial charge on any atom is 0.249 e. The molecule has 0 spiro atoms. The third-order valence-electron chi connectivity index (χ3n) is 7.79. The minimum absolute atomic E-state index is 0.0407. The fraction of sp³-hybridized carbons (Fsp3) is 0.679. The molecule has 3 aliphatic rings. The standard InChI is InChI=1S/C28H42N4O4/c1-6-9-30-10-12-31(13-11-30)19-7-8-20(26(29)34)21(14-19)22(15-28(3,4)5)27(35)32-16-18(2)25-24(32)23(33)17-36-25/h7-8,14,18,22,24-25H,6,9-13,15-17H2,1-5H3,(H2,29,34)/t18-,22-,24+,25+/m0/s1. The van der Waals surface area contributed by atoms with Crippen LogP contribution in [0.2, 0.25) is 0 Å². The number of ether oxygens (including phenoxy) is 1. The van der Waals surface area contributed by atoms with E-state index in [0.29, 0.717) is 24.1 Å². The van der Waals surface area contributed by atoms with Crippen molar-refractivity contribution in [3.63, 3.8) is 0 Å². The van der Waals surface area contributed by atoms with Gasteiger partial charge in [0.05, 0.1) is 12.0 Å². The topological polar surface area (TPSA) is 96.2 Å². The first-order valence-corrected chi connectivity index (χ1v) is 13.4. The van der Waals surface area contributed by atoms with Crippen LogP contribution < -0.4 is 10.6 Å². The number of amides is 2. The van der Waals surface area contributed by atoms with E-state index in [4.69, 9.17) is 10.5 Å². The Hall–Kier alpha value is -2.45. The molecule has 0 radical (unpaired) electrons. The monoisotopic (exact) mass is 498 g/mol. The summed E-state index contributed by atoms with van der Waals surface area (Å²) in [5.41, 5.74) is 7.69. The first-order chi connectivity index (χ1) is 17.0. The molecule has 0 aliphatic carbocycles. The number of fused-ring (bicyclic) bond motifs is 1. The summed E-state index contributed by atoms with van der Waals surface area (Å²) in [6, 6.07) is 5.17. The average Bonchev–Trinajstić information content (AvgIpc) is 3.37. The smallest absolute Gasteiger partial charge is 0.249 e. The number of ketones is 1. The highest BCUT2D eigenvalue weighted by atomic mass is 16.5. The summed E-state index contributed by atoms with van der Waals surface area (Å²) in [6.45, 7) is 15.9. The minimum atomic E-state index is -0.576. The van der Waals surface area contributed by atoms with E-state index >= 15 is 0 Å². The van der Waals surface area contributed by atoms with Gasteiger partial charge >= 0.3 is 0 Å². The van der Waals surface area contributed by atoms with Crippen molar-refractivity contribution in [1.29, 1.82) is 0 Å². The fourth-order valence-corrected chi connectivity index (χ4v) is 6.07. The van der Waals surface area contributed by atoms with Gasteiger partial charge in [-0.3, -0.25) is 19.3 Å². The molecule has 3 saturated heterocycles. The first-order valence-electron chi connectivity index (χ1n) is 13.4. The number of primary amides is 1. The van der Waals surface area contributed by atoms with Crippen LogP contribution >= 0.6 is 0 Å². The molecule has 0 unspecified atom stereocenters. The predicted octanol–water partition coefficient (Wildman–Crippen LogP) is 2.65. The summed E-state index contributed by atoms with van der Waals surface area (Å²) < 4.78 is 5.73. The van der Waals surface area contributed by atoms with Crippen LogP contribution in [0.4, 0.5) is 5.69 Å². The van der Waals surface area contributed by atoms with Crippen molar-refractivity contribution >= 4 is 23.3 Å². The Morgan fingerprint density at radius 1 is 1.17 bits per heavy atom. The first kappa shape index (κ1) is 26.6. The van der Waals surface area contributed by atoms with Gasteiger partial charge in [-0.1, -0.05) is 34.6 Å². The van der Waals surface area contributed by atoms with Gasteiger partial charge in [-0.05, 0) is 48.6 Å². The molecule has 3 fully saturated rings. The molecule has 1 aromatic rings. The number of carbonyl (C=O) groups excluding carboxylic acids is 3. The van der Waals surface area contributed by atoms with Crippen molar-refractivity contribution in [2.45, 2.75) is 65.5 Å². The molecule has 36 heavy (non-hydrogen) atoms. The molecule has 4 atom stereocenters. The number of benzene rings is 1. The molecular formula is C28H42N4O4. The quantitative estimate of drug-likeness (QED) is 0.621. The van der Waals surface area contributed by atoms with Crippen molar-refractivity contribution in [2.24, 2.45) is 17.1 Å². The van der Waals surface area contributed by atoms with E-state index in [2.05, 4.69) is 37.5 Å². The molecule has 0 saturated carbocycles. The largest absolute Gasteiger partial charge is 0.369 e. The molecule has 3 heterocycles. The average molecular weight is 499 g/mol. The minimum Gasteiger partial charge on any atom is -0.369 e. The molecule has 4 rings (SSSR count). The van der Waals surface area contributed by atoms with E-state index < -0.39 is 17.9 Å². The van der Waals surface area contributed by atoms with Gasteiger partial charge in [-0.2, -0.15) is 0 Å². The van der Waals surface area contributed by atoms with Gasteiger partial charge in [-0.15, -0.1) is 0 Å². The van der Waals surface area contributed by atoms with Crippen molar-refractivity contribution in [3.05, 3.63) is 29.3 Å². The number of carbonyl (C=O) groups is 3. The lowest BCUT2D eigenvalue weighted by Gasteiger charge is -2.37. The third-order valence-corrected chi connectivity index (χ3v) is 7.79. The second-order valence-corrected chi connectivity index (χ2v) is 11.9. The number of hydrogen-bond acceptors (Lipinski definition) is 6. The second-order valence-electron chi connectivity index (χ2n) is 11.9. The molecule has 2 N–H and O–H groups in total. The Labute approximate surface area is 215 Å². The number of anilines is 1. The lowest BCUT2D eigenvalue weighted by atomic mass is 9.79. The maximum absolute atomic E-state index is 14.2. The Bertz CT molecular complexity index is 996. The van der Waals surface area contributed by atoms with Crippen molar-refractivity contribution in [1.82, 2.24) is 9.80 Å². The van der Waals surface area contributed by atoms with E-state index in [1.165, 1.54) is 0 Å². The normalized spacial score (nSPS) is 25.8. The number of nitrogens with zero attached hydrogens (tertiary/aromatic N) is 3. The number of likely N-dealkylation sites (tertiary alicyclic amines) is 1. The van der Waals surface area contributed by atoms with Crippen molar-refractivity contribution < 1.29 is 19.1 Å². The lowest BCUT2D eigenvalue weighted by Crippen LogP contribution is -2.46. The third kappa shape index (κ3) is 5.44. The van der Waals surface area contributed by atoms with E-state index in [-0.39, 0.29) is 35.7 Å². The van der Waals surface area contributed by atoms with Crippen molar-refractivity contribution in [3.8, 4) is 0 Å². The molecule has 198 valence electrons. The Morgan fingerprint density at radius 3 is 2.47 bits per heavy atom. The zero-order valence-electron chi connectivity index (χ0n) is 22.5. The molecule has 2 amide bonds. The number of nitrogens with two attached hydrogens (primary N) is 1. The summed E-state index contributed by atoms with van der Waals surface area (Å²) in [6.07, 6.45) is 1.42. The van der Waals surface area contributed by atoms with Gasteiger partial charge in [0.15, 0.2) is 5.78 Å². The highest BCUT2D eigenvalue weighted by molar-refractivity contribution is 5.99. The van der Waals surface area contributed by atoms with Crippen LogP contribution in [0.1, 0.15) is 69.3 Å². The second kappa shape index (κ2) is 10.5. The highest BCUT2D eigenvalue weighted by Crippen LogP contribution is 2.40. The number of hydrogen-bond donors (Lipinski definition) is 1. The molecule has 3 aliphatic heterocycles. The van der Waals surface area contributed by atoms with Gasteiger partial charge in [0.2, 0.25) is 11.8 Å². The molecule has 8 nitrogen and oxygen atoms in total. The Balaban J connectivity index is 1.69. The van der Waals surface area contributed by atoms with Gasteiger partial charge in [-0.25, -0.2) is 0 Å². The summed E-state index contributed by atoms with van der Waals surface area (Å²) in [5.74, 6) is -1.18. The zero-order chi connectivity index (χ0) is 26.2. The molecular weight excluding hydrogens is 456 g/mol. The summed E-state index contributed by atoms with van der Waals surface area (Å²) in [4.78, 5) is 45.9. The van der Waals surface area contributed by atoms with Gasteiger partial charge in [0, 0.05) is 49.9 Å². The SMILES string of the molecule is CCCN1CCN(c2ccc(C(N)=O)c([C@H](CC(C)(C)C)C(=O)N3C[C@H](C)[C@H]4OCC(=O)[C@H]43)c2)CC1. The fourth-order valence-electron chi connectivity index (χ4n) is 6.07. The van der Waals surface area contributed by atoms with Crippen LogP contribution in [0.5, 0.6) is 0 Å². The van der Waals surface area contributed by atoms with E-state index in [1.54, 1.807) is 11.0 Å². The molecule has 0 aromatic heterocycles. The van der Waals surface area contributed by atoms with Crippen molar-refractivity contribution in [2.75, 3.05) is 50.8 Å². The van der Waals surface area contributed by atoms with Crippen LogP contribution in [-0.4, -0.2) is 85.4 Å².